The van der Waals surface area contributed by atoms with Crippen LogP contribution in [0.15, 0.2) is 63.2 Å². The monoisotopic (exact) mass is 390 g/mol. The molecule has 3 N–H and O–H groups in total. The summed E-state index contributed by atoms with van der Waals surface area (Å²) >= 11 is 1.43. The van der Waals surface area contributed by atoms with Gasteiger partial charge in [-0.3, -0.25) is 4.79 Å². The lowest BCUT2D eigenvalue weighted by Gasteiger charge is -2.13. The molecule has 1 aliphatic carbocycles. The predicted octanol–water partition coefficient (Wildman–Crippen LogP) is 2.71. The molecule has 138 valence electrons. The van der Waals surface area contributed by atoms with Crippen LogP contribution in [0.3, 0.4) is 0 Å². The molecule has 0 aromatic heterocycles. The maximum absolute atomic E-state index is 12.5. The van der Waals surface area contributed by atoms with Crippen LogP contribution in [-0.2, 0) is 9.84 Å². The van der Waals surface area contributed by atoms with Gasteiger partial charge < -0.3 is 11.1 Å². The number of benzene rings is 2. The topological polar surface area (TPSA) is 89.3 Å². The molecule has 0 heterocycles. The Bertz CT molecular complexity index is 891. The molecule has 1 aliphatic rings. The van der Waals surface area contributed by atoms with Gasteiger partial charge in [-0.05, 0) is 55.2 Å². The molecule has 1 unspecified atom stereocenters. The molecule has 3 rings (SSSR count). The molecule has 26 heavy (non-hydrogen) atoms. The average molecular weight is 391 g/mol. The van der Waals surface area contributed by atoms with Crippen molar-refractivity contribution in [2.45, 2.75) is 33.6 Å². The summed E-state index contributed by atoms with van der Waals surface area (Å²) < 4.78 is 23.1. The highest BCUT2D eigenvalue weighted by atomic mass is 32.2. The molecular formula is C19H22N2O3S2. The first-order valence-electron chi connectivity index (χ1n) is 8.45. The van der Waals surface area contributed by atoms with Crippen molar-refractivity contribution in [1.82, 2.24) is 5.32 Å². The van der Waals surface area contributed by atoms with E-state index in [9.17, 15) is 13.2 Å². The number of amides is 1. The number of sulfone groups is 1. The summed E-state index contributed by atoms with van der Waals surface area (Å²) in [6.07, 6.45) is 3.47. The average Bonchev–Trinajstić information content (AvgIpc) is 3.45. The molecule has 0 saturated heterocycles. The zero-order valence-electron chi connectivity index (χ0n) is 14.5. The zero-order valence-corrected chi connectivity index (χ0v) is 16.1. The Labute approximate surface area is 158 Å². The molecule has 2 aromatic carbocycles. The van der Waals surface area contributed by atoms with E-state index in [1.165, 1.54) is 18.0 Å². The van der Waals surface area contributed by atoms with Gasteiger partial charge in [0.1, 0.15) is 0 Å². The Balaban J connectivity index is 1.71. The fourth-order valence-electron chi connectivity index (χ4n) is 2.62. The summed E-state index contributed by atoms with van der Waals surface area (Å²) in [5, 5.41) is 2.92. The number of hydrogen-bond acceptors (Lipinski definition) is 5. The van der Waals surface area contributed by atoms with E-state index in [2.05, 4.69) is 5.32 Å². The van der Waals surface area contributed by atoms with Crippen LogP contribution in [0.25, 0.3) is 0 Å². The first-order valence-corrected chi connectivity index (χ1v) is 11.2. The van der Waals surface area contributed by atoms with E-state index in [0.717, 1.165) is 22.6 Å². The normalized spacial score (nSPS) is 15.5. The molecule has 1 fully saturated rings. The van der Waals surface area contributed by atoms with Crippen LogP contribution < -0.4 is 11.1 Å². The Morgan fingerprint density at radius 3 is 2.46 bits per heavy atom. The lowest BCUT2D eigenvalue weighted by molar-refractivity contribution is 0.0947. The van der Waals surface area contributed by atoms with E-state index in [-0.39, 0.29) is 16.8 Å². The summed E-state index contributed by atoms with van der Waals surface area (Å²) in [6, 6.07) is 14.0. The van der Waals surface area contributed by atoms with E-state index in [1.807, 2.05) is 18.2 Å². The minimum Gasteiger partial charge on any atom is -0.350 e. The third-order valence-electron chi connectivity index (χ3n) is 4.34. The SMILES string of the molecule is CS(=O)(=O)c1ccc(Sc2ccccc2C(=O)NCC(N)C2CC2)cc1. The largest absolute Gasteiger partial charge is 0.350 e. The second-order valence-corrected chi connectivity index (χ2v) is 9.68. The lowest BCUT2D eigenvalue weighted by atomic mass is 10.2. The Hall–Kier alpha value is -1.83. The highest BCUT2D eigenvalue weighted by Gasteiger charge is 2.28. The van der Waals surface area contributed by atoms with Gasteiger partial charge in [-0.1, -0.05) is 23.9 Å². The van der Waals surface area contributed by atoms with Crippen LogP contribution in [-0.4, -0.2) is 33.2 Å². The minimum atomic E-state index is -3.22. The van der Waals surface area contributed by atoms with Crippen LogP contribution in [0.2, 0.25) is 0 Å². The van der Waals surface area contributed by atoms with Crippen LogP contribution in [0.4, 0.5) is 0 Å². The molecule has 1 amide bonds. The molecule has 1 atom stereocenters. The Morgan fingerprint density at radius 1 is 1.19 bits per heavy atom. The standard InChI is InChI=1S/C19H22N2O3S2/c1-26(23,24)15-10-8-14(9-11-15)25-18-5-3-2-4-16(18)19(22)21-12-17(20)13-6-7-13/h2-5,8-11,13,17H,6-7,12,20H2,1H3,(H,21,22). The summed E-state index contributed by atoms with van der Waals surface area (Å²) in [5.41, 5.74) is 6.64. The second-order valence-electron chi connectivity index (χ2n) is 6.55. The van der Waals surface area contributed by atoms with Crippen LogP contribution in [0.1, 0.15) is 23.2 Å². The first-order chi connectivity index (χ1) is 12.3. The van der Waals surface area contributed by atoms with E-state index < -0.39 is 9.84 Å². The van der Waals surface area contributed by atoms with Gasteiger partial charge in [-0.25, -0.2) is 8.42 Å². The molecule has 0 radical (unpaired) electrons. The van der Waals surface area contributed by atoms with Crippen LogP contribution in [0.5, 0.6) is 0 Å². The van der Waals surface area contributed by atoms with Gasteiger partial charge in [-0.2, -0.15) is 0 Å². The van der Waals surface area contributed by atoms with Crippen LogP contribution in [0, 0.1) is 5.92 Å². The van der Waals surface area contributed by atoms with Gasteiger partial charge in [0.25, 0.3) is 5.91 Å². The number of rotatable bonds is 7. The molecule has 2 aromatic rings. The van der Waals surface area contributed by atoms with Crippen molar-refractivity contribution in [1.29, 1.82) is 0 Å². The number of hydrogen-bond donors (Lipinski definition) is 2. The first kappa shape index (κ1) is 18.9. The quantitative estimate of drug-likeness (QED) is 0.759. The summed E-state index contributed by atoms with van der Waals surface area (Å²) in [5.74, 6) is 0.394. The Kier molecular flexibility index (Phi) is 5.70. The Morgan fingerprint density at radius 2 is 1.85 bits per heavy atom. The maximum atomic E-state index is 12.5. The molecule has 0 aliphatic heterocycles. The smallest absolute Gasteiger partial charge is 0.252 e. The van der Waals surface area contributed by atoms with Gasteiger partial charge in [-0.15, -0.1) is 0 Å². The molecule has 0 spiro atoms. The van der Waals surface area contributed by atoms with E-state index in [1.54, 1.807) is 30.3 Å². The van der Waals surface area contributed by atoms with Gasteiger partial charge in [0, 0.05) is 28.6 Å². The summed E-state index contributed by atoms with van der Waals surface area (Å²) in [7, 11) is -3.22. The van der Waals surface area contributed by atoms with Crippen molar-refractivity contribution in [2.75, 3.05) is 12.8 Å². The number of nitrogens with two attached hydrogens (primary N) is 1. The molecule has 5 nitrogen and oxygen atoms in total. The summed E-state index contributed by atoms with van der Waals surface area (Å²) in [6.45, 7) is 0.478. The minimum absolute atomic E-state index is 0.0160. The maximum Gasteiger partial charge on any atom is 0.252 e. The van der Waals surface area contributed by atoms with Crippen molar-refractivity contribution in [2.24, 2.45) is 11.7 Å². The van der Waals surface area contributed by atoms with Gasteiger partial charge in [0.15, 0.2) is 9.84 Å². The summed E-state index contributed by atoms with van der Waals surface area (Å²) in [4.78, 5) is 14.5. The molecule has 1 saturated carbocycles. The third kappa shape index (κ3) is 4.87. The van der Waals surface area contributed by atoms with Gasteiger partial charge >= 0.3 is 0 Å². The van der Waals surface area contributed by atoms with Crippen molar-refractivity contribution in [3.63, 3.8) is 0 Å². The van der Waals surface area contributed by atoms with Crippen LogP contribution >= 0.6 is 11.8 Å². The van der Waals surface area contributed by atoms with Gasteiger partial charge in [0.2, 0.25) is 0 Å². The van der Waals surface area contributed by atoms with Crippen molar-refractivity contribution in [3.05, 3.63) is 54.1 Å². The highest BCUT2D eigenvalue weighted by Crippen LogP contribution is 2.32. The van der Waals surface area contributed by atoms with Crippen molar-refractivity contribution in [3.8, 4) is 0 Å². The van der Waals surface area contributed by atoms with Crippen molar-refractivity contribution >= 4 is 27.5 Å². The van der Waals surface area contributed by atoms with E-state index >= 15 is 0 Å². The molecule has 0 bridgehead atoms. The second kappa shape index (κ2) is 7.82. The highest BCUT2D eigenvalue weighted by molar-refractivity contribution is 7.99. The van der Waals surface area contributed by atoms with E-state index in [0.29, 0.717) is 18.0 Å². The molecule has 7 heteroatoms. The lowest BCUT2D eigenvalue weighted by Crippen LogP contribution is -2.38. The molecular weight excluding hydrogens is 368 g/mol. The third-order valence-corrected chi connectivity index (χ3v) is 6.55. The fraction of sp³-hybridized carbons (Fsp3) is 0.316. The zero-order chi connectivity index (χ0) is 18.7. The number of carbonyl (C=O) groups is 1. The number of carbonyl (C=O) groups excluding carboxylic acids is 1. The van der Waals surface area contributed by atoms with Gasteiger partial charge in [0.05, 0.1) is 10.5 Å². The predicted molar refractivity (Wildman–Crippen MR) is 103 cm³/mol. The van der Waals surface area contributed by atoms with Crippen molar-refractivity contribution < 1.29 is 13.2 Å². The number of nitrogens with one attached hydrogen (secondary N) is 1. The fourth-order valence-corrected chi connectivity index (χ4v) is 4.20. The van der Waals surface area contributed by atoms with E-state index in [4.69, 9.17) is 5.73 Å².